The van der Waals surface area contributed by atoms with Crippen LogP contribution >= 0.6 is 23.8 Å². The molecule has 0 bridgehead atoms. The summed E-state index contributed by atoms with van der Waals surface area (Å²) in [5.74, 6) is 2.46. The molecule has 1 unspecified atom stereocenters. The summed E-state index contributed by atoms with van der Waals surface area (Å²) in [5, 5.41) is 5.51. The summed E-state index contributed by atoms with van der Waals surface area (Å²) in [6.07, 6.45) is 2.18. The lowest BCUT2D eigenvalue weighted by atomic mass is 10.0. The van der Waals surface area contributed by atoms with Gasteiger partial charge in [-0.3, -0.25) is 4.90 Å². The number of rotatable bonds is 6. The fourth-order valence-corrected chi connectivity index (χ4v) is 4.35. The second-order valence-electron chi connectivity index (χ2n) is 7.39. The van der Waals surface area contributed by atoms with Gasteiger partial charge in [-0.2, -0.15) is 5.10 Å². The molecule has 1 saturated heterocycles. The number of ether oxygens (including phenoxy) is 2. The van der Waals surface area contributed by atoms with Crippen LogP contribution in [0.1, 0.15) is 24.4 Å². The summed E-state index contributed by atoms with van der Waals surface area (Å²) >= 11 is 11.7. The number of methoxy groups -OCH3 is 2. The molecule has 3 aromatic rings. The van der Waals surface area contributed by atoms with E-state index in [4.69, 9.17) is 38.4 Å². The molecule has 0 radical (unpaired) electrons. The van der Waals surface area contributed by atoms with Crippen LogP contribution in [0.5, 0.6) is 11.5 Å². The predicted molar refractivity (Wildman–Crippen MR) is 121 cm³/mol. The quantitative estimate of drug-likeness (QED) is 0.496. The van der Waals surface area contributed by atoms with Crippen molar-refractivity contribution in [3.8, 4) is 22.9 Å². The van der Waals surface area contributed by atoms with E-state index >= 15 is 0 Å². The molecule has 1 aliphatic heterocycles. The zero-order chi connectivity index (χ0) is 21.3. The van der Waals surface area contributed by atoms with E-state index in [1.807, 2.05) is 52.7 Å². The van der Waals surface area contributed by atoms with Crippen molar-refractivity contribution in [2.75, 3.05) is 20.8 Å². The summed E-state index contributed by atoms with van der Waals surface area (Å²) in [6.45, 7) is 1.61. The van der Waals surface area contributed by atoms with Crippen molar-refractivity contribution in [2.45, 2.75) is 25.6 Å². The first kappa shape index (κ1) is 20.9. The highest BCUT2D eigenvalue weighted by molar-refractivity contribution is 7.71. The highest BCUT2D eigenvalue weighted by Gasteiger charge is 2.29. The molecule has 8 heteroatoms. The van der Waals surface area contributed by atoms with Gasteiger partial charge in [0.15, 0.2) is 10.6 Å². The minimum Gasteiger partial charge on any atom is -0.497 e. The van der Waals surface area contributed by atoms with Crippen molar-refractivity contribution in [1.82, 2.24) is 19.2 Å². The zero-order valence-corrected chi connectivity index (χ0v) is 18.9. The van der Waals surface area contributed by atoms with Crippen molar-refractivity contribution >= 4 is 23.8 Å². The molecule has 30 heavy (non-hydrogen) atoms. The minimum atomic E-state index is 0.244. The van der Waals surface area contributed by atoms with Gasteiger partial charge in [-0.1, -0.05) is 17.7 Å². The third kappa shape index (κ3) is 3.97. The molecule has 0 amide bonds. The molecule has 4 rings (SSSR count). The number of halogens is 1. The number of likely N-dealkylation sites (tertiary alicyclic amines) is 1. The topological polar surface area (TPSA) is 44.5 Å². The van der Waals surface area contributed by atoms with Crippen molar-refractivity contribution in [3.63, 3.8) is 0 Å². The fourth-order valence-electron chi connectivity index (χ4n) is 4.04. The molecule has 0 N–H and O–H groups in total. The minimum absolute atomic E-state index is 0.244. The Morgan fingerprint density at radius 1 is 1.13 bits per heavy atom. The number of aromatic nitrogens is 3. The van der Waals surface area contributed by atoms with E-state index in [1.54, 1.807) is 14.2 Å². The summed E-state index contributed by atoms with van der Waals surface area (Å²) in [6, 6.07) is 13.9. The number of nitrogens with zero attached hydrogens (tertiary/aromatic N) is 4. The molecule has 1 aliphatic rings. The van der Waals surface area contributed by atoms with Gasteiger partial charge in [-0.15, -0.1) is 0 Å². The molecule has 1 aromatic heterocycles. The fraction of sp³-hybridized carbons (Fsp3) is 0.364. The molecular weight excluding hydrogens is 420 g/mol. The van der Waals surface area contributed by atoms with E-state index < -0.39 is 0 Å². The first-order valence-electron chi connectivity index (χ1n) is 9.87. The van der Waals surface area contributed by atoms with Gasteiger partial charge >= 0.3 is 0 Å². The van der Waals surface area contributed by atoms with Crippen molar-refractivity contribution < 1.29 is 9.47 Å². The van der Waals surface area contributed by atoms with E-state index in [0.29, 0.717) is 16.5 Å². The van der Waals surface area contributed by atoms with Gasteiger partial charge in [0.05, 0.1) is 20.9 Å². The largest absolute Gasteiger partial charge is 0.497 e. The summed E-state index contributed by atoms with van der Waals surface area (Å²) in [4.78, 5) is 2.40. The third-order valence-electron chi connectivity index (χ3n) is 5.62. The van der Waals surface area contributed by atoms with Crippen LogP contribution < -0.4 is 9.47 Å². The van der Waals surface area contributed by atoms with E-state index in [9.17, 15) is 0 Å². The second kappa shape index (κ2) is 8.79. The van der Waals surface area contributed by atoms with Gasteiger partial charge in [-0.05, 0) is 55.4 Å². The standard InChI is InChI=1S/C22H25ClN4O2S/c1-25-21(15-6-8-16(23)9-7-15)24-27(22(25)30)14-26-12-4-5-19(26)18-11-10-17(28-2)13-20(18)29-3/h6-11,13,19H,4-5,12,14H2,1-3H3. The number of hydrogen-bond acceptors (Lipinski definition) is 5. The third-order valence-corrected chi connectivity index (χ3v) is 6.36. The average molecular weight is 445 g/mol. The van der Waals surface area contributed by atoms with E-state index in [-0.39, 0.29) is 6.04 Å². The van der Waals surface area contributed by atoms with Crippen LogP contribution in [-0.4, -0.2) is 40.0 Å². The van der Waals surface area contributed by atoms with Gasteiger partial charge in [0.25, 0.3) is 0 Å². The Hall–Kier alpha value is -2.35. The second-order valence-corrected chi connectivity index (χ2v) is 8.19. The van der Waals surface area contributed by atoms with Crippen LogP contribution in [0, 0.1) is 4.77 Å². The SMILES string of the molecule is COc1ccc(C2CCCN2Cn2nc(-c3ccc(Cl)cc3)n(C)c2=S)c(OC)c1. The molecule has 1 fully saturated rings. The Bertz CT molecular complexity index is 1090. The van der Waals surface area contributed by atoms with Crippen LogP contribution in [0.25, 0.3) is 11.4 Å². The van der Waals surface area contributed by atoms with E-state index in [0.717, 1.165) is 47.8 Å². The highest BCUT2D eigenvalue weighted by Crippen LogP contribution is 2.39. The van der Waals surface area contributed by atoms with Gasteiger partial charge in [0.1, 0.15) is 11.5 Å². The van der Waals surface area contributed by atoms with Crippen LogP contribution in [0.2, 0.25) is 5.02 Å². The van der Waals surface area contributed by atoms with E-state index in [2.05, 4.69) is 11.0 Å². The lowest BCUT2D eigenvalue weighted by Gasteiger charge is -2.26. The molecule has 2 heterocycles. The van der Waals surface area contributed by atoms with Gasteiger partial charge in [-0.25, -0.2) is 4.68 Å². The molecule has 1 atom stereocenters. The Morgan fingerprint density at radius 2 is 1.90 bits per heavy atom. The highest BCUT2D eigenvalue weighted by atomic mass is 35.5. The van der Waals surface area contributed by atoms with Gasteiger partial charge in [0.2, 0.25) is 0 Å². The van der Waals surface area contributed by atoms with Gasteiger partial charge < -0.3 is 14.0 Å². The Balaban J connectivity index is 1.62. The van der Waals surface area contributed by atoms with Crippen molar-refractivity contribution in [2.24, 2.45) is 7.05 Å². The molecule has 2 aromatic carbocycles. The first-order chi connectivity index (χ1) is 14.5. The Morgan fingerprint density at radius 3 is 2.60 bits per heavy atom. The van der Waals surface area contributed by atoms with Gasteiger partial charge in [0, 0.05) is 41.9 Å². The molecular formula is C22H25ClN4O2S. The number of benzene rings is 2. The lowest BCUT2D eigenvalue weighted by Crippen LogP contribution is -2.27. The molecule has 158 valence electrons. The maximum atomic E-state index is 6.03. The lowest BCUT2D eigenvalue weighted by molar-refractivity contribution is 0.187. The predicted octanol–water partition coefficient (Wildman–Crippen LogP) is 5.08. The smallest absolute Gasteiger partial charge is 0.199 e. The normalized spacial score (nSPS) is 16.7. The maximum absolute atomic E-state index is 6.03. The van der Waals surface area contributed by atoms with Crippen molar-refractivity contribution in [1.29, 1.82) is 0 Å². The summed E-state index contributed by atoms with van der Waals surface area (Å²) < 4.78 is 15.5. The molecule has 0 spiro atoms. The van der Waals surface area contributed by atoms with Crippen LogP contribution in [0.4, 0.5) is 0 Å². The molecule has 0 aliphatic carbocycles. The first-order valence-corrected chi connectivity index (χ1v) is 10.7. The molecule has 6 nitrogen and oxygen atoms in total. The van der Waals surface area contributed by atoms with Crippen LogP contribution in [-0.2, 0) is 13.7 Å². The van der Waals surface area contributed by atoms with E-state index in [1.165, 1.54) is 0 Å². The van der Waals surface area contributed by atoms with Crippen molar-refractivity contribution in [3.05, 3.63) is 57.8 Å². The van der Waals surface area contributed by atoms with Crippen LogP contribution in [0.3, 0.4) is 0 Å². The average Bonchev–Trinajstić information content (AvgIpc) is 3.34. The zero-order valence-electron chi connectivity index (χ0n) is 17.3. The monoisotopic (exact) mass is 444 g/mol. The molecule has 0 saturated carbocycles. The Kier molecular flexibility index (Phi) is 6.13. The summed E-state index contributed by atoms with van der Waals surface area (Å²) in [5.41, 5.74) is 2.15. The van der Waals surface area contributed by atoms with Crippen LogP contribution in [0.15, 0.2) is 42.5 Å². The summed E-state index contributed by atoms with van der Waals surface area (Å²) in [7, 11) is 5.31. The maximum Gasteiger partial charge on any atom is 0.199 e. The Labute approximate surface area is 186 Å². The number of hydrogen-bond donors (Lipinski definition) is 0.